The van der Waals surface area contributed by atoms with Crippen LogP contribution < -0.4 is 0 Å². The Balaban J connectivity index is 1.90. The third-order valence-electron chi connectivity index (χ3n) is 3.53. The summed E-state index contributed by atoms with van der Waals surface area (Å²) in [5.74, 6) is 0. The number of hydrogen-bond acceptors (Lipinski definition) is 1. The van der Waals surface area contributed by atoms with Crippen LogP contribution in [0.25, 0.3) is 0 Å². The fourth-order valence-electron chi connectivity index (χ4n) is 2.35. The molecule has 0 atom stereocenters. The summed E-state index contributed by atoms with van der Waals surface area (Å²) in [6.45, 7) is 2.28. The molecule has 0 radical (unpaired) electrons. The minimum absolute atomic E-state index is 0.897. The molecule has 0 aliphatic rings. The van der Waals surface area contributed by atoms with E-state index in [4.69, 9.17) is 11.6 Å². The van der Waals surface area contributed by atoms with Crippen LogP contribution in [0.4, 0.5) is 0 Å². The molecular formula is C16H26BrClS. The molecule has 1 rings (SSSR count). The molecule has 0 spiro atoms. The van der Waals surface area contributed by atoms with E-state index in [0.29, 0.717) is 0 Å². The lowest BCUT2D eigenvalue weighted by molar-refractivity contribution is 0.556. The van der Waals surface area contributed by atoms with E-state index in [-0.39, 0.29) is 0 Å². The maximum atomic E-state index is 5.99. The molecule has 19 heavy (non-hydrogen) atoms. The number of thiophene rings is 1. The Kier molecular flexibility index (Phi) is 10.3. The molecule has 0 saturated heterocycles. The van der Waals surface area contributed by atoms with Crippen LogP contribution >= 0.6 is 38.9 Å². The van der Waals surface area contributed by atoms with Gasteiger partial charge in [-0.05, 0) is 40.4 Å². The Morgan fingerprint density at radius 1 is 0.947 bits per heavy atom. The summed E-state index contributed by atoms with van der Waals surface area (Å²) in [5, 5.41) is 0. The first kappa shape index (κ1) is 17.5. The van der Waals surface area contributed by atoms with Crippen molar-refractivity contribution in [3.8, 4) is 0 Å². The summed E-state index contributed by atoms with van der Waals surface area (Å²) >= 11 is 11.2. The lowest BCUT2D eigenvalue weighted by Gasteiger charge is -2.02. The van der Waals surface area contributed by atoms with E-state index in [1.54, 1.807) is 11.3 Å². The fourth-order valence-corrected chi connectivity index (χ4v) is 4.49. The van der Waals surface area contributed by atoms with Gasteiger partial charge < -0.3 is 0 Å². The number of aryl methyl sites for hydroxylation is 1. The molecule has 0 aromatic carbocycles. The van der Waals surface area contributed by atoms with Gasteiger partial charge in [0.1, 0.15) is 0 Å². The number of unbranched alkanes of at least 4 members (excludes halogenated alkanes) is 9. The highest BCUT2D eigenvalue weighted by Gasteiger charge is 2.04. The second-order valence-corrected chi connectivity index (χ2v) is 8.28. The van der Waals surface area contributed by atoms with Crippen LogP contribution in [0.5, 0.6) is 0 Å². The number of rotatable bonds is 11. The zero-order valence-electron chi connectivity index (χ0n) is 12.0. The van der Waals surface area contributed by atoms with E-state index in [1.165, 1.54) is 80.0 Å². The molecule has 1 aromatic rings. The smallest absolute Gasteiger partial charge is 0.0943 e. The quantitative estimate of drug-likeness (QED) is 0.354. The average molecular weight is 366 g/mol. The van der Waals surface area contributed by atoms with Crippen molar-refractivity contribution in [2.45, 2.75) is 77.6 Å². The highest BCUT2D eigenvalue weighted by Crippen LogP contribution is 2.32. The first-order chi connectivity index (χ1) is 9.24. The third kappa shape index (κ3) is 8.37. The van der Waals surface area contributed by atoms with Crippen LogP contribution in [-0.4, -0.2) is 0 Å². The highest BCUT2D eigenvalue weighted by molar-refractivity contribution is 9.11. The molecule has 0 aliphatic carbocycles. The van der Waals surface area contributed by atoms with E-state index in [9.17, 15) is 0 Å². The van der Waals surface area contributed by atoms with Crippen LogP contribution in [0.15, 0.2) is 9.85 Å². The first-order valence-electron chi connectivity index (χ1n) is 7.67. The largest absolute Gasteiger partial charge is 0.116 e. The molecule has 3 heteroatoms. The van der Waals surface area contributed by atoms with Crippen LogP contribution in [-0.2, 0) is 6.42 Å². The maximum Gasteiger partial charge on any atom is 0.0943 e. The van der Waals surface area contributed by atoms with Crippen molar-refractivity contribution < 1.29 is 0 Å². The zero-order chi connectivity index (χ0) is 13.9. The Labute approximate surface area is 136 Å². The Morgan fingerprint density at radius 2 is 1.47 bits per heavy atom. The lowest BCUT2D eigenvalue weighted by atomic mass is 10.0. The molecule has 1 heterocycles. The predicted molar refractivity (Wildman–Crippen MR) is 92.6 cm³/mol. The predicted octanol–water partition coefficient (Wildman–Crippen LogP) is 7.63. The molecule has 0 saturated carbocycles. The molecule has 0 bridgehead atoms. The van der Waals surface area contributed by atoms with E-state index < -0.39 is 0 Å². The van der Waals surface area contributed by atoms with Crippen molar-refractivity contribution >= 4 is 38.9 Å². The van der Waals surface area contributed by atoms with E-state index in [1.807, 2.05) is 0 Å². The maximum absolute atomic E-state index is 5.99. The van der Waals surface area contributed by atoms with Crippen molar-refractivity contribution in [3.63, 3.8) is 0 Å². The summed E-state index contributed by atoms with van der Waals surface area (Å²) in [6, 6.07) is 2.10. The molecule has 0 N–H and O–H groups in total. The van der Waals surface area contributed by atoms with Gasteiger partial charge in [0.05, 0.1) is 8.12 Å². The van der Waals surface area contributed by atoms with Gasteiger partial charge in [-0.25, -0.2) is 0 Å². The van der Waals surface area contributed by atoms with Crippen LogP contribution in [0, 0.1) is 0 Å². The Morgan fingerprint density at radius 3 is 1.95 bits per heavy atom. The molecule has 0 nitrogen and oxygen atoms in total. The van der Waals surface area contributed by atoms with Gasteiger partial charge >= 0.3 is 0 Å². The van der Waals surface area contributed by atoms with Crippen LogP contribution in [0.1, 0.15) is 76.7 Å². The van der Waals surface area contributed by atoms with Crippen LogP contribution in [0.2, 0.25) is 4.34 Å². The summed E-state index contributed by atoms with van der Waals surface area (Å²) in [6.07, 6.45) is 15.1. The van der Waals surface area contributed by atoms with Crippen molar-refractivity contribution in [3.05, 3.63) is 19.8 Å². The summed E-state index contributed by atoms with van der Waals surface area (Å²) in [4.78, 5) is 0. The first-order valence-corrected chi connectivity index (χ1v) is 9.66. The molecule has 0 fully saturated rings. The fraction of sp³-hybridized carbons (Fsp3) is 0.750. The van der Waals surface area contributed by atoms with Crippen LogP contribution in [0.3, 0.4) is 0 Å². The van der Waals surface area contributed by atoms with E-state index in [2.05, 4.69) is 28.9 Å². The Hall–Kier alpha value is 0.470. The Bertz CT molecular complexity index is 335. The molecule has 0 amide bonds. The third-order valence-corrected chi connectivity index (χ3v) is 5.62. The topological polar surface area (TPSA) is 0 Å². The second-order valence-electron chi connectivity index (χ2n) is 5.28. The van der Waals surface area contributed by atoms with Gasteiger partial charge in [-0.2, -0.15) is 0 Å². The van der Waals surface area contributed by atoms with Gasteiger partial charge in [-0.3, -0.25) is 0 Å². The van der Waals surface area contributed by atoms with Gasteiger partial charge in [0, 0.05) is 0 Å². The van der Waals surface area contributed by atoms with Gasteiger partial charge in [0.15, 0.2) is 0 Å². The number of hydrogen-bond donors (Lipinski definition) is 0. The minimum atomic E-state index is 0.897. The zero-order valence-corrected chi connectivity index (χ0v) is 15.2. The summed E-state index contributed by atoms with van der Waals surface area (Å²) in [5.41, 5.74) is 1.38. The van der Waals surface area contributed by atoms with Crippen molar-refractivity contribution in [2.24, 2.45) is 0 Å². The SMILES string of the molecule is CCCCCCCCCCCCc1cc(Cl)sc1Br. The normalized spacial score (nSPS) is 11.1. The second kappa shape index (κ2) is 11.2. The lowest BCUT2D eigenvalue weighted by Crippen LogP contribution is -1.85. The molecule has 0 aliphatic heterocycles. The van der Waals surface area contributed by atoms with Crippen molar-refractivity contribution in [2.75, 3.05) is 0 Å². The summed E-state index contributed by atoms with van der Waals surface area (Å²) < 4.78 is 2.11. The molecular weight excluding hydrogens is 340 g/mol. The molecule has 110 valence electrons. The number of halogens is 2. The van der Waals surface area contributed by atoms with E-state index in [0.717, 1.165) is 4.34 Å². The van der Waals surface area contributed by atoms with Crippen molar-refractivity contribution in [1.82, 2.24) is 0 Å². The standard InChI is InChI=1S/C16H26BrClS/c1-2-3-4-5-6-7-8-9-10-11-12-14-13-15(18)19-16(14)17/h13H,2-12H2,1H3. The molecule has 1 aromatic heterocycles. The molecule has 0 unspecified atom stereocenters. The minimum Gasteiger partial charge on any atom is -0.116 e. The monoisotopic (exact) mass is 364 g/mol. The van der Waals surface area contributed by atoms with Crippen molar-refractivity contribution in [1.29, 1.82) is 0 Å². The summed E-state index contributed by atoms with van der Waals surface area (Å²) in [7, 11) is 0. The average Bonchev–Trinajstić information content (AvgIpc) is 2.70. The van der Waals surface area contributed by atoms with Gasteiger partial charge in [-0.1, -0.05) is 76.3 Å². The van der Waals surface area contributed by atoms with Gasteiger partial charge in [0.2, 0.25) is 0 Å². The van der Waals surface area contributed by atoms with Gasteiger partial charge in [-0.15, -0.1) is 11.3 Å². The van der Waals surface area contributed by atoms with Gasteiger partial charge in [0.25, 0.3) is 0 Å². The highest BCUT2D eigenvalue weighted by atomic mass is 79.9. The van der Waals surface area contributed by atoms with E-state index >= 15 is 0 Å².